The molecule has 3 N–H and O–H groups in total. The van der Waals surface area contributed by atoms with Gasteiger partial charge in [0.2, 0.25) is 0 Å². The Kier molecular flexibility index (Phi) is 7.20. The third-order valence-electron chi connectivity index (χ3n) is 2.98. The number of rotatable bonds is 7. The Labute approximate surface area is 101 Å². The van der Waals surface area contributed by atoms with Gasteiger partial charge in [0.25, 0.3) is 0 Å². The van der Waals surface area contributed by atoms with E-state index < -0.39 is 0 Å². The maximum absolute atomic E-state index is 5.63. The van der Waals surface area contributed by atoms with E-state index in [2.05, 4.69) is 40.0 Å². The van der Waals surface area contributed by atoms with Crippen molar-refractivity contribution in [2.45, 2.75) is 66.0 Å². The van der Waals surface area contributed by atoms with Crippen LogP contribution in [0.15, 0.2) is 0 Å². The molecule has 0 saturated carbocycles. The fraction of sp³-hybridized carbons (Fsp3) is 1.00. The van der Waals surface area contributed by atoms with Gasteiger partial charge in [0.05, 0.1) is 6.10 Å². The maximum Gasteiger partial charge on any atom is 0.0785 e. The lowest BCUT2D eigenvalue weighted by molar-refractivity contribution is -0.0138. The summed E-state index contributed by atoms with van der Waals surface area (Å²) in [5.41, 5.74) is 3.02. The standard InChI is InChI=1S/C13H30N2O/c1-10(2)8-7-9-11(15-14)12(16-6)13(3,4)5/h10-12,15H,7-9,14H2,1-6H3. The second kappa shape index (κ2) is 7.25. The topological polar surface area (TPSA) is 47.3 Å². The van der Waals surface area contributed by atoms with Crippen LogP contribution in [0.1, 0.15) is 53.9 Å². The van der Waals surface area contributed by atoms with Crippen LogP contribution in [0.3, 0.4) is 0 Å². The lowest BCUT2D eigenvalue weighted by Crippen LogP contribution is -2.50. The molecule has 3 heteroatoms. The third kappa shape index (κ3) is 5.83. The van der Waals surface area contributed by atoms with Crippen molar-refractivity contribution in [2.75, 3.05) is 7.11 Å². The first kappa shape index (κ1) is 15.9. The Morgan fingerprint density at radius 3 is 2.06 bits per heavy atom. The van der Waals surface area contributed by atoms with E-state index in [0.29, 0.717) is 0 Å². The summed E-state index contributed by atoms with van der Waals surface area (Å²) in [5.74, 6) is 6.39. The van der Waals surface area contributed by atoms with E-state index in [1.54, 1.807) is 7.11 Å². The molecule has 0 aromatic heterocycles. The zero-order valence-corrected chi connectivity index (χ0v) is 11.8. The Balaban J connectivity index is 4.23. The van der Waals surface area contributed by atoms with Gasteiger partial charge in [0.1, 0.15) is 0 Å². The van der Waals surface area contributed by atoms with Crippen LogP contribution in [0.25, 0.3) is 0 Å². The number of methoxy groups -OCH3 is 1. The number of hydrogen-bond acceptors (Lipinski definition) is 3. The van der Waals surface area contributed by atoms with E-state index in [9.17, 15) is 0 Å². The first-order valence-corrected chi connectivity index (χ1v) is 6.31. The maximum atomic E-state index is 5.63. The summed E-state index contributed by atoms with van der Waals surface area (Å²) in [6.45, 7) is 11.1. The number of hydrazine groups is 1. The smallest absolute Gasteiger partial charge is 0.0785 e. The first-order valence-electron chi connectivity index (χ1n) is 6.31. The highest BCUT2D eigenvalue weighted by atomic mass is 16.5. The molecule has 3 nitrogen and oxygen atoms in total. The molecule has 0 aliphatic rings. The predicted molar refractivity (Wildman–Crippen MR) is 70.1 cm³/mol. The molecule has 0 amide bonds. The molecule has 0 spiro atoms. The summed E-state index contributed by atoms with van der Waals surface area (Å²) in [6, 6.07) is 0.240. The van der Waals surface area contributed by atoms with Gasteiger partial charge in [-0.15, -0.1) is 0 Å². The van der Waals surface area contributed by atoms with E-state index in [4.69, 9.17) is 10.6 Å². The average molecular weight is 230 g/mol. The molecule has 0 aromatic rings. The second-order valence-electron chi connectivity index (χ2n) is 6.12. The molecule has 0 heterocycles. The van der Waals surface area contributed by atoms with Crippen molar-refractivity contribution in [2.24, 2.45) is 17.2 Å². The van der Waals surface area contributed by atoms with Crippen LogP contribution in [0.5, 0.6) is 0 Å². The normalized spacial score (nSPS) is 16.5. The lowest BCUT2D eigenvalue weighted by atomic mass is 9.83. The predicted octanol–water partition coefficient (Wildman–Crippen LogP) is 2.71. The quantitative estimate of drug-likeness (QED) is 0.522. The Hall–Kier alpha value is -0.120. The highest BCUT2D eigenvalue weighted by Crippen LogP contribution is 2.26. The first-order chi connectivity index (χ1) is 7.32. The van der Waals surface area contributed by atoms with E-state index in [1.165, 1.54) is 12.8 Å². The summed E-state index contributed by atoms with van der Waals surface area (Å²) in [5, 5.41) is 0. The minimum Gasteiger partial charge on any atom is -0.379 e. The molecule has 0 radical (unpaired) electrons. The number of nitrogens with two attached hydrogens (primary N) is 1. The molecule has 0 fully saturated rings. The van der Waals surface area contributed by atoms with Crippen LogP contribution in [0.2, 0.25) is 0 Å². The molecule has 98 valence electrons. The van der Waals surface area contributed by atoms with Crippen molar-refractivity contribution < 1.29 is 4.74 Å². The van der Waals surface area contributed by atoms with Gasteiger partial charge in [-0.3, -0.25) is 11.3 Å². The average Bonchev–Trinajstić information content (AvgIpc) is 2.13. The summed E-state index contributed by atoms with van der Waals surface area (Å²) in [7, 11) is 1.77. The van der Waals surface area contributed by atoms with Crippen molar-refractivity contribution in [1.82, 2.24) is 5.43 Å². The summed E-state index contributed by atoms with van der Waals surface area (Å²) < 4.78 is 5.58. The van der Waals surface area contributed by atoms with E-state index in [1.807, 2.05) is 0 Å². The molecular formula is C13H30N2O. The second-order valence-corrected chi connectivity index (χ2v) is 6.12. The molecule has 0 rings (SSSR count). The van der Waals surface area contributed by atoms with Gasteiger partial charge in [-0.25, -0.2) is 0 Å². The number of nitrogens with one attached hydrogen (secondary N) is 1. The molecule has 2 unspecified atom stereocenters. The van der Waals surface area contributed by atoms with Gasteiger partial charge in [-0.2, -0.15) is 0 Å². The molecule has 0 aliphatic carbocycles. The molecule has 0 saturated heterocycles. The molecule has 2 atom stereocenters. The largest absolute Gasteiger partial charge is 0.379 e. The molecule has 0 aromatic carbocycles. The Morgan fingerprint density at radius 1 is 1.19 bits per heavy atom. The zero-order chi connectivity index (χ0) is 12.8. The Morgan fingerprint density at radius 2 is 1.75 bits per heavy atom. The fourth-order valence-electron chi connectivity index (χ4n) is 2.19. The van der Waals surface area contributed by atoms with Crippen molar-refractivity contribution in [1.29, 1.82) is 0 Å². The molecule has 0 bridgehead atoms. The highest BCUT2D eigenvalue weighted by Gasteiger charge is 2.31. The van der Waals surface area contributed by atoms with Gasteiger partial charge < -0.3 is 4.74 Å². The van der Waals surface area contributed by atoms with Crippen LogP contribution < -0.4 is 11.3 Å². The van der Waals surface area contributed by atoms with Gasteiger partial charge in [0.15, 0.2) is 0 Å². The van der Waals surface area contributed by atoms with Crippen LogP contribution in [0.4, 0.5) is 0 Å². The third-order valence-corrected chi connectivity index (χ3v) is 2.98. The van der Waals surface area contributed by atoms with Crippen LogP contribution in [-0.4, -0.2) is 19.3 Å². The lowest BCUT2D eigenvalue weighted by Gasteiger charge is -2.35. The van der Waals surface area contributed by atoms with Gasteiger partial charge in [-0.05, 0) is 17.8 Å². The zero-order valence-electron chi connectivity index (χ0n) is 11.8. The van der Waals surface area contributed by atoms with Gasteiger partial charge in [0, 0.05) is 13.2 Å². The SMILES string of the molecule is COC(C(CCCC(C)C)NN)C(C)(C)C. The van der Waals surface area contributed by atoms with Gasteiger partial charge in [-0.1, -0.05) is 47.5 Å². The van der Waals surface area contributed by atoms with E-state index in [0.717, 1.165) is 12.3 Å². The summed E-state index contributed by atoms with van der Waals surface area (Å²) in [4.78, 5) is 0. The van der Waals surface area contributed by atoms with Gasteiger partial charge >= 0.3 is 0 Å². The van der Waals surface area contributed by atoms with Crippen LogP contribution in [-0.2, 0) is 4.74 Å². The fourth-order valence-corrected chi connectivity index (χ4v) is 2.19. The van der Waals surface area contributed by atoms with Crippen LogP contribution in [0, 0.1) is 11.3 Å². The number of hydrogen-bond donors (Lipinski definition) is 2. The van der Waals surface area contributed by atoms with Crippen LogP contribution >= 0.6 is 0 Å². The van der Waals surface area contributed by atoms with Crippen molar-refractivity contribution in [3.63, 3.8) is 0 Å². The number of ether oxygens (including phenoxy) is 1. The van der Waals surface area contributed by atoms with Crippen molar-refractivity contribution in [3.05, 3.63) is 0 Å². The van der Waals surface area contributed by atoms with E-state index in [-0.39, 0.29) is 17.6 Å². The molecule has 0 aliphatic heterocycles. The minimum atomic E-state index is 0.115. The Bertz CT molecular complexity index is 175. The molecule has 16 heavy (non-hydrogen) atoms. The monoisotopic (exact) mass is 230 g/mol. The summed E-state index contributed by atoms with van der Waals surface area (Å²) >= 11 is 0. The molecular weight excluding hydrogens is 200 g/mol. The van der Waals surface area contributed by atoms with E-state index >= 15 is 0 Å². The van der Waals surface area contributed by atoms with Crippen molar-refractivity contribution >= 4 is 0 Å². The summed E-state index contributed by atoms with van der Waals surface area (Å²) in [6.07, 6.45) is 3.68. The van der Waals surface area contributed by atoms with Crippen molar-refractivity contribution in [3.8, 4) is 0 Å². The minimum absolute atomic E-state index is 0.115. The highest BCUT2D eigenvalue weighted by molar-refractivity contribution is 4.84.